The molecule has 0 radical (unpaired) electrons. The lowest BCUT2D eigenvalue weighted by Crippen LogP contribution is -2.27. The van der Waals surface area contributed by atoms with Crippen LogP contribution in [0, 0.1) is 0 Å². The smallest absolute Gasteiger partial charge is 0.257 e. The number of rotatable bonds is 7. The molecule has 1 heterocycles. The van der Waals surface area contributed by atoms with E-state index in [9.17, 15) is 9.59 Å². The minimum absolute atomic E-state index is 0.297. The molecule has 2 N–H and O–H groups in total. The average Bonchev–Trinajstić information content (AvgIpc) is 2.62. The number of pyridine rings is 1. The van der Waals surface area contributed by atoms with Gasteiger partial charge in [-0.2, -0.15) is 0 Å². The van der Waals surface area contributed by atoms with Crippen LogP contribution in [-0.2, 0) is 4.74 Å². The van der Waals surface area contributed by atoms with Gasteiger partial charge in [0, 0.05) is 51.5 Å². The number of ether oxygens (including phenoxy) is 1. The number of hydrogen-bond donors (Lipinski definition) is 2. The third-order valence-corrected chi connectivity index (χ3v) is 3.50. The number of anilines is 2. The van der Waals surface area contributed by atoms with Crippen molar-refractivity contribution in [2.45, 2.75) is 0 Å². The standard InChI is InChI=1S/C18H22N4O3/c1-22(2)16-6-4-15(5-7-16)21-18(24)14-10-13(11-19-12-14)17(23)20-8-9-25-3/h4-7,10-12H,8-9H2,1-3H3,(H,20,23)(H,21,24). The predicted molar refractivity (Wildman–Crippen MR) is 97.2 cm³/mol. The van der Waals surface area contributed by atoms with E-state index in [0.29, 0.717) is 30.0 Å². The van der Waals surface area contributed by atoms with Gasteiger partial charge < -0.3 is 20.3 Å². The summed E-state index contributed by atoms with van der Waals surface area (Å²) in [6, 6.07) is 8.98. The number of methoxy groups -OCH3 is 1. The van der Waals surface area contributed by atoms with Crippen LogP contribution in [-0.4, -0.2) is 51.2 Å². The lowest BCUT2D eigenvalue weighted by molar-refractivity contribution is 0.0936. The zero-order chi connectivity index (χ0) is 18.2. The maximum absolute atomic E-state index is 12.4. The van der Waals surface area contributed by atoms with Crippen molar-refractivity contribution in [3.05, 3.63) is 53.9 Å². The number of carbonyl (C=O) groups is 2. The van der Waals surface area contributed by atoms with Crippen LogP contribution in [0.2, 0.25) is 0 Å². The van der Waals surface area contributed by atoms with Gasteiger partial charge >= 0.3 is 0 Å². The Hall–Kier alpha value is -2.93. The first kappa shape index (κ1) is 18.4. The Bertz CT molecular complexity index is 729. The summed E-state index contributed by atoms with van der Waals surface area (Å²) >= 11 is 0. The fourth-order valence-corrected chi connectivity index (χ4v) is 2.10. The second-order valence-electron chi connectivity index (χ2n) is 5.61. The lowest BCUT2D eigenvalue weighted by Gasteiger charge is -2.13. The molecule has 25 heavy (non-hydrogen) atoms. The first-order valence-corrected chi connectivity index (χ1v) is 7.82. The molecule has 7 heteroatoms. The molecular formula is C18H22N4O3. The minimum Gasteiger partial charge on any atom is -0.383 e. The number of amides is 2. The van der Waals surface area contributed by atoms with Gasteiger partial charge in [-0.15, -0.1) is 0 Å². The molecule has 0 aliphatic rings. The van der Waals surface area contributed by atoms with E-state index in [1.54, 1.807) is 7.11 Å². The van der Waals surface area contributed by atoms with Crippen LogP contribution in [0.1, 0.15) is 20.7 Å². The molecule has 2 rings (SSSR count). The molecule has 0 fully saturated rings. The van der Waals surface area contributed by atoms with Crippen molar-refractivity contribution < 1.29 is 14.3 Å². The molecule has 0 bridgehead atoms. The number of nitrogens with one attached hydrogen (secondary N) is 2. The maximum atomic E-state index is 12.4. The topological polar surface area (TPSA) is 83.6 Å². The Labute approximate surface area is 147 Å². The van der Waals surface area contributed by atoms with Gasteiger partial charge in [-0.05, 0) is 30.3 Å². The third kappa shape index (κ3) is 5.29. The van der Waals surface area contributed by atoms with Crippen molar-refractivity contribution in [3.63, 3.8) is 0 Å². The first-order chi connectivity index (χ1) is 12.0. The quantitative estimate of drug-likeness (QED) is 0.750. The molecule has 0 aliphatic carbocycles. The van der Waals surface area contributed by atoms with Crippen molar-refractivity contribution in [3.8, 4) is 0 Å². The summed E-state index contributed by atoms with van der Waals surface area (Å²) in [5, 5.41) is 5.49. The SMILES string of the molecule is COCCNC(=O)c1cncc(C(=O)Nc2ccc(N(C)C)cc2)c1. The highest BCUT2D eigenvalue weighted by molar-refractivity contribution is 6.05. The molecule has 0 atom stereocenters. The summed E-state index contributed by atoms with van der Waals surface area (Å²) in [5.74, 6) is -0.619. The molecule has 1 aromatic heterocycles. The van der Waals surface area contributed by atoms with Crippen molar-refractivity contribution >= 4 is 23.2 Å². The molecule has 2 aromatic rings. The van der Waals surface area contributed by atoms with Crippen LogP contribution in [0.25, 0.3) is 0 Å². The van der Waals surface area contributed by atoms with Crippen LogP contribution in [0.15, 0.2) is 42.7 Å². The number of hydrogen-bond acceptors (Lipinski definition) is 5. The van der Waals surface area contributed by atoms with E-state index in [1.165, 1.54) is 18.5 Å². The van der Waals surface area contributed by atoms with Crippen molar-refractivity contribution in [1.82, 2.24) is 10.3 Å². The number of aromatic nitrogens is 1. The summed E-state index contributed by atoms with van der Waals surface area (Å²) in [6.07, 6.45) is 2.85. The zero-order valence-electron chi connectivity index (χ0n) is 14.6. The fraction of sp³-hybridized carbons (Fsp3) is 0.278. The minimum atomic E-state index is -0.323. The van der Waals surface area contributed by atoms with Gasteiger partial charge in [0.1, 0.15) is 0 Å². The Kier molecular flexibility index (Phi) is 6.47. The van der Waals surface area contributed by atoms with E-state index >= 15 is 0 Å². The summed E-state index contributed by atoms with van der Waals surface area (Å²) in [7, 11) is 5.45. The van der Waals surface area contributed by atoms with Gasteiger partial charge in [0.15, 0.2) is 0 Å². The maximum Gasteiger partial charge on any atom is 0.257 e. The zero-order valence-corrected chi connectivity index (χ0v) is 14.6. The normalized spacial score (nSPS) is 10.2. The van der Waals surface area contributed by atoms with Gasteiger partial charge in [0.05, 0.1) is 17.7 Å². The summed E-state index contributed by atoms with van der Waals surface area (Å²) < 4.78 is 4.88. The van der Waals surface area contributed by atoms with E-state index in [2.05, 4.69) is 15.6 Å². The molecule has 0 saturated heterocycles. The second-order valence-corrected chi connectivity index (χ2v) is 5.61. The van der Waals surface area contributed by atoms with Gasteiger partial charge in [-0.3, -0.25) is 14.6 Å². The third-order valence-electron chi connectivity index (χ3n) is 3.50. The van der Waals surface area contributed by atoms with Crippen molar-refractivity contribution in [2.24, 2.45) is 0 Å². The van der Waals surface area contributed by atoms with Gasteiger partial charge in [0.25, 0.3) is 11.8 Å². The fourth-order valence-electron chi connectivity index (χ4n) is 2.10. The van der Waals surface area contributed by atoms with E-state index in [0.717, 1.165) is 5.69 Å². The molecule has 0 aliphatic heterocycles. The Balaban J connectivity index is 2.04. The highest BCUT2D eigenvalue weighted by atomic mass is 16.5. The Morgan fingerprint density at radius 2 is 1.72 bits per heavy atom. The van der Waals surface area contributed by atoms with Crippen molar-refractivity contribution in [1.29, 1.82) is 0 Å². The highest BCUT2D eigenvalue weighted by Crippen LogP contribution is 2.16. The molecule has 7 nitrogen and oxygen atoms in total. The first-order valence-electron chi connectivity index (χ1n) is 7.82. The number of carbonyl (C=O) groups excluding carboxylic acids is 2. The lowest BCUT2D eigenvalue weighted by atomic mass is 10.1. The van der Waals surface area contributed by atoms with Gasteiger partial charge in [-0.25, -0.2) is 0 Å². The summed E-state index contributed by atoms with van der Waals surface area (Å²) in [6.45, 7) is 0.812. The molecule has 0 spiro atoms. The molecule has 0 saturated carbocycles. The highest BCUT2D eigenvalue weighted by Gasteiger charge is 2.11. The predicted octanol–water partition coefficient (Wildman–Crippen LogP) is 1.78. The molecule has 0 unspecified atom stereocenters. The van der Waals surface area contributed by atoms with Crippen molar-refractivity contribution in [2.75, 3.05) is 44.6 Å². The van der Waals surface area contributed by atoms with Gasteiger partial charge in [-0.1, -0.05) is 0 Å². The Morgan fingerprint density at radius 3 is 2.32 bits per heavy atom. The Morgan fingerprint density at radius 1 is 1.08 bits per heavy atom. The van der Waals surface area contributed by atoms with E-state index in [4.69, 9.17) is 4.74 Å². The van der Waals surface area contributed by atoms with E-state index in [-0.39, 0.29) is 11.8 Å². The molecular weight excluding hydrogens is 320 g/mol. The van der Waals surface area contributed by atoms with Crippen LogP contribution < -0.4 is 15.5 Å². The molecule has 1 aromatic carbocycles. The summed E-state index contributed by atoms with van der Waals surface area (Å²) in [5.41, 5.74) is 2.35. The monoisotopic (exact) mass is 342 g/mol. The summed E-state index contributed by atoms with van der Waals surface area (Å²) in [4.78, 5) is 30.3. The average molecular weight is 342 g/mol. The van der Waals surface area contributed by atoms with Gasteiger partial charge in [0.2, 0.25) is 0 Å². The molecule has 132 valence electrons. The number of nitrogens with zero attached hydrogens (tertiary/aromatic N) is 2. The van der Waals surface area contributed by atoms with Crippen LogP contribution in [0.3, 0.4) is 0 Å². The number of benzene rings is 1. The van der Waals surface area contributed by atoms with Crippen LogP contribution in [0.5, 0.6) is 0 Å². The largest absolute Gasteiger partial charge is 0.383 e. The van der Waals surface area contributed by atoms with Crippen LogP contribution >= 0.6 is 0 Å². The second kappa shape index (κ2) is 8.79. The van der Waals surface area contributed by atoms with E-state index in [1.807, 2.05) is 43.3 Å². The molecule has 2 amide bonds. The van der Waals surface area contributed by atoms with Crippen LogP contribution in [0.4, 0.5) is 11.4 Å². The van der Waals surface area contributed by atoms with E-state index < -0.39 is 0 Å².